The number of thiazole rings is 1. The Morgan fingerprint density at radius 3 is 2.59 bits per heavy atom. The van der Waals surface area contributed by atoms with Crippen molar-refractivity contribution in [3.63, 3.8) is 0 Å². The monoisotopic (exact) mass is 264 g/mol. The molecule has 2 rings (SSSR count). The average molecular weight is 264 g/mol. The van der Waals surface area contributed by atoms with Gasteiger partial charge in [0.25, 0.3) is 0 Å². The normalized spacial score (nSPS) is 12.6. The minimum absolute atomic E-state index is 0.109. The largest absolute Gasteiger partial charge is 0.324 e. The van der Waals surface area contributed by atoms with Crippen LogP contribution in [-0.2, 0) is 5.75 Å². The third kappa shape index (κ3) is 3.56. The van der Waals surface area contributed by atoms with Gasteiger partial charge in [-0.05, 0) is 31.5 Å². The van der Waals surface area contributed by atoms with Crippen molar-refractivity contribution in [2.24, 2.45) is 5.73 Å². The molecule has 0 spiro atoms. The van der Waals surface area contributed by atoms with Crippen LogP contribution in [0.3, 0.4) is 0 Å². The Bertz CT molecular complexity index is 474. The standard InChI is InChI=1S/C13H16N2S2/c1-9(14)11-3-5-12(6-4-11)16-8-13-7-15-10(2)17-13/h3-7,9H,8,14H2,1-2H3. The first kappa shape index (κ1) is 12.6. The molecule has 0 aliphatic carbocycles. The van der Waals surface area contributed by atoms with Crippen LogP contribution >= 0.6 is 23.1 Å². The summed E-state index contributed by atoms with van der Waals surface area (Å²) in [5.41, 5.74) is 7.00. The molecule has 0 bridgehead atoms. The number of nitrogens with zero attached hydrogens (tertiary/aromatic N) is 1. The van der Waals surface area contributed by atoms with E-state index in [4.69, 9.17) is 5.73 Å². The summed E-state index contributed by atoms with van der Waals surface area (Å²) < 4.78 is 0. The smallest absolute Gasteiger partial charge is 0.0897 e. The summed E-state index contributed by atoms with van der Waals surface area (Å²) in [4.78, 5) is 6.86. The third-order valence-corrected chi connectivity index (χ3v) is 4.61. The van der Waals surface area contributed by atoms with Crippen LogP contribution < -0.4 is 5.73 Å². The molecule has 1 aromatic heterocycles. The molecule has 0 saturated heterocycles. The van der Waals surface area contributed by atoms with Gasteiger partial charge in [-0.15, -0.1) is 23.1 Å². The second-order valence-corrected chi connectivity index (χ2v) is 6.36. The van der Waals surface area contributed by atoms with Gasteiger partial charge in [-0.2, -0.15) is 0 Å². The van der Waals surface area contributed by atoms with E-state index in [-0.39, 0.29) is 6.04 Å². The molecule has 0 saturated carbocycles. The zero-order valence-electron chi connectivity index (χ0n) is 10.0. The maximum absolute atomic E-state index is 5.82. The quantitative estimate of drug-likeness (QED) is 0.854. The molecule has 2 N–H and O–H groups in total. The van der Waals surface area contributed by atoms with E-state index in [9.17, 15) is 0 Å². The Morgan fingerprint density at radius 2 is 2.06 bits per heavy atom. The molecule has 1 atom stereocenters. The molecule has 1 aromatic carbocycles. The number of rotatable bonds is 4. The molecule has 2 aromatic rings. The maximum Gasteiger partial charge on any atom is 0.0897 e. The lowest BCUT2D eigenvalue weighted by Gasteiger charge is -2.06. The summed E-state index contributed by atoms with van der Waals surface area (Å²) in [5, 5.41) is 1.13. The van der Waals surface area contributed by atoms with Gasteiger partial charge in [0.15, 0.2) is 0 Å². The molecule has 17 heavy (non-hydrogen) atoms. The van der Waals surface area contributed by atoms with E-state index in [2.05, 4.69) is 29.2 Å². The highest BCUT2D eigenvalue weighted by molar-refractivity contribution is 7.98. The Hall–Kier alpha value is -0.840. The Balaban J connectivity index is 1.95. The molecular weight excluding hydrogens is 248 g/mol. The first-order valence-corrected chi connectivity index (χ1v) is 7.35. The molecule has 0 amide bonds. The van der Waals surface area contributed by atoms with Crippen molar-refractivity contribution in [1.29, 1.82) is 0 Å². The van der Waals surface area contributed by atoms with Gasteiger partial charge < -0.3 is 5.73 Å². The Morgan fingerprint density at radius 1 is 1.35 bits per heavy atom. The lowest BCUT2D eigenvalue weighted by molar-refractivity contribution is 0.817. The average Bonchev–Trinajstić information content (AvgIpc) is 2.73. The number of hydrogen-bond donors (Lipinski definition) is 1. The summed E-state index contributed by atoms with van der Waals surface area (Å²) in [6.07, 6.45) is 1.96. The molecule has 1 unspecified atom stereocenters. The van der Waals surface area contributed by atoms with Crippen LogP contribution in [0, 0.1) is 6.92 Å². The van der Waals surface area contributed by atoms with Gasteiger partial charge >= 0.3 is 0 Å². The highest BCUT2D eigenvalue weighted by atomic mass is 32.2. The Kier molecular flexibility index (Phi) is 4.20. The molecule has 0 fully saturated rings. The van der Waals surface area contributed by atoms with E-state index >= 15 is 0 Å². The summed E-state index contributed by atoms with van der Waals surface area (Å²) >= 11 is 3.60. The van der Waals surface area contributed by atoms with E-state index in [0.29, 0.717) is 0 Å². The number of aryl methyl sites for hydroxylation is 1. The fraction of sp³-hybridized carbons (Fsp3) is 0.308. The number of aromatic nitrogens is 1. The van der Waals surface area contributed by atoms with Gasteiger partial charge in [-0.3, -0.25) is 0 Å². The van der Waals surface area contributed by atoms with Gasteiger partial charge in [0, 0.05) is 27.8 Å². The third-order valence-electron chi connectivity index (χ3n) is 2.46. The zero-order chi connectivity index (χ0) is 12.3. The first-order chi connectivity index (χ1) is 8.15. The number of nitrogens with two attached hydrogens (primary N) is 1. The minimum atomic E-state index is 0.109. The number of thioether (sulfide) groups is 1. The van der Waals surface area contributed by atoms with Crippen LogP contribution in [0.2, 0.25) is 0 Å². The molecule has 0 aliphatic heterocycles. The minimum Gasteiger partial charge on any atom is -0.324 e. The van der Waals surface area contributed by atoms with Crippen molar-refractivity contribution in [2.75, 3.05) is 0 Å². The van der Waals surface area contributed by atoms with E-state index in [1.165, 1.54) is 15.3 Å². The summed E-state index contributed by atoms with van der Waals surface area (Å²) in [5.74, 6) is 0.989. The lowest BCUT2D eigenvalue weighted by Crippen LogP contribution is -2.04. The van der Waals surface area contributed by atoms with Crippen molar-refractivity contribution < 1.29 is 0 Å². The molecule has 1 heterocycles. The summed E-state index contributed by atoms with van der Waals surface area (Å²) in [6.45, 7) is 4.04. The second-order valence-electron chi connectivity index (χ2n) is 3.99. The first-order valence-electron chi connectivity index (χ1n) is 5.55. The predicted octanol–water partition coefficient (Wildman–Crippen LogP) is 3.76. The van der Waals surface area contributed by atoms with Crippen molar-refractivity contribution in [3.8, 4) is 0 Å². The summed E-state index contributed by atoms with van der Waals surface area (Å²) in [7, 11) is 0. The van der Waals surface area contributed by atoms with E-state index in [1.807, 2.05) is 31.8 Å². The van der Waals surface area contributed by atoms with Crippen molar-refractivity contribution >= 4 is 23.1 Å². The van der Waals surface area contributed by atoms with Gasteiger partial charge in [0.1, 0.15) is 0 Å². The SMILES string of the molecule is Cc1ncc(CSc2ccc(C(C)N)cc2)s1. The van der Waals surface area contributed by atoms with Gasteiger partial charge in [-0.1, -0.05) is 12.1 Å². The van der Waals surface area contributed by atoms with E-state index < -0.39 is 0 Å². The maximum atomic E-state index is 5.82. The molecule has 0 aliphatic rings. The Labute approximate surface area is 110 Å². The van der Waals surface area contributed by atoms with Crippen molar-refractivity contribution in [2.45, 2.75) is 30.5 Å². The van der Waals surface area contributed by atoms with Crippen LogP contribution in [0.1, 0.15) is 28.4 Å². The van der Waals surface area contributed by atoms with Gasteiger partial charge in [0.05, 0.1) is 5.01 Å². The van der Waals surface area contributed by atoms with Crippen LogP contribution in [-0.4, -0.2) is 4.98 Å². The van der Waals surface area contributed by atoms with E-state index in [1.54, 1.807) is 11.3 Å². The van der Waals surface area contributed by atoms with Gasteiger partial charge in [-0.25, -0.2) is 4.98 Å². The zero-order valence-corrected chi connectivity index (χ0v) is 11.6. The van der Waals surface area contributed by atoms with Crippen LogP contribution in [0.5, 0.6) is 0 Å². The highest BCUT2D eigenvalue weighted by Gasteiger charge is 2.02. The predicted molar refractivity (Wildman–Crippen MR) is 75.5 cm³/mol. The molecule has 2 nitrogen and oxygen atoms in total. The summed E-state index contributed by atoms with van der Waals surface area (Å²) in [6, 6.07) is 8.59. The molecular formula is C13H16N2S2. The fourth-order valence-corrected chi connectivity index (χ4v) is 3.21. The second kappa shape index (κ2) is 5.67. The lowest BCUT2D eigenvalue weighted by atomic mass is 10.1. The molecule has 0 radical (unpaired) electrons. The van der Waals surface area contributed by atoms with Crippen molar-refractivity contribution in [3.05, 3.63) is 45.9 Å². The van der Waals surface area contributed by atoms with Gasteiger partial charge in [0.2, 0.25) is 0 Å². The fourth-order valence-electron chi connectivity index (χ4n) is 1.49. The number of benzene rings is 1. The topological polar surface area (TPSA) is 38.9 Å². The molecule has 4 heteroatoms. The molecule has 90 valence electrons. The van der Waals surface area contributed by atoms with Crippen LogP contribution in [0.4, 0.5) is 0 Å². The van der Waals surface area contributed by atoms with E-state index in [0.717, 1.165) is 10.8 Å². The van der Waals surface area contributed by atoms with Crippen LogP contribution in [0.25, 0.3) is 0 Å². The van der Waals surface area contributed by atoms with Crippen LogP contribution in [0.15, 0.2) is 35.4 Å². The highest BCUT2D eigenvalue weighted by Crippen LogP contribution is 2.26. The van der Waals surface area contributed by atoms with Crippen molar-refractivity contribution in [1.82, 2.24) is 4.98 Å². The number of hydrogen-bond acceptors (Lipinski definition) is 4.